The molecular formula is C25H35N3O4S. The van der Waals surface area contributed by atoms with Crippen molar-refractivity contribution in [2.75, 3.05) is 17.5 Å². The fourth-order valence-electron chi connectivity index (χ4n) is 4.76. The fourth-order valence-corrected chi connectivity index (χ4v) is 6.24. The van der Waals surface area contributed by atoms with Gasteiger partial charge >= 0.3 is 0 Å². The van der Waals surface area contributed by atoms with E-state index in [0.29, 0.717) is 18.0 Å². The molecule has 2 aromatic rings. The van der Waals surface area contributed by atoms with Gasteiger partial charge < -0.3 is 15.4 Å². The second-order valence-corrected chi connectivity index (χ2v) is 11.7. The molecule has 2 N–H and O–H groups in total. The summed E-state index contributed by atoms with van der Waals surface area (Å²) in [7, 11) is -3.70. The van der Waals surface area contributed by atoms with Gasteiger partial charge in [0.1, 0.15) is 5.75 Å². The number of amides is 1. The van der Waals surface area contributed by atoms with Crippen LogP contribution in [0.2, 0.25) is 0 Å². The molecule has 1 heterocycles. The topological polar surface area (TPSA) is 87.7 Å². The Morgan fingerprint density at radius 1 is 1.03 bits per heavy atom. The summed E-state index contributed by atoms with van der Waals surface area (Å²) in [6, 6.07) is 15.2. The number of anilines is 1. The summed E-state index contributed by atoms with van der Waals surface area (Å²) >= 11 is 0. The summed E-state index contributed by atoms with van der Waals surface area (Å²) in [5, 5.41) is 6.67. The second kappa shape index (κ2) is 9.73. The summed E-state index contributed by atoms with van der Waals surface area (Å²) in [5.74, 6) is 0.254. The van der Waals surface area contributed by atoms with Gasteiger partial charge in [-0.15, -0.1) is 0 Å². The van der Waals surface area contributed by atoms with Crippen molar-refractivity contribution in [3.63, 3.8) is 0 Å². The van der Waals surface area contributed by atoms with Crippen molar-refractivity contribution in [2.24, 2.45) is 0 Å². The minimum absolute atomic E-state index is 0.0615. The number of piperidine rings is 1. The lowest BCUT2D eigenvalue weighted by atomic mass is 9.79. The Kier molecular flexibility index (Phi) is 7.39. The van der Waals surface area contributed by atoms with Crippen LogP contribution in [0.25, 0.3) is 0 Å². The summed E-state index contributed by atoms with van der Waals surface area (Å²) in [5.41, 5.74) is 0.489. The Labute approximate surface area is 197 Å². The van der Waals surface area contributed by atoms with Crippen LogP contribution >= 0.6 is 0 Å². The predicted molar refractivity (Wildman–Crippen MR) is 131 cm³/mol. The van der Waals surface area contributed by atoms with Crippen molar-refractivity contribution in [1.29, 1.82) is 0 Å². The number of nitrogens with one attached hydrogen (secondary N) is 2. The van der Waals surface area contributed by atoms with E-state index in [4.69, 9.17) is 4.74 Å². The monoisotopic (exact) mass is 473 g/mol. The summed E-state index contributed by atoms with van der Waals surface area (Å²) in [4.78, 5) is 12.6. The number of carbonyl (C=O) groups excluding carboxylic acids is 1. The molecule has 0 spiro atoms. The maximum atomic E-state index is 13.1. The molecule has 0 bridgehead atoms. The summed E-state index contributed by atoms with van der Waals surface area (Å²) in [6.07, 6.45) is 1.67. The quantitative estimate of drug-likeness (QED) is 0.610. The SMILES string of the molecule is CCN(c1ccccc1)S(=O)(=O)c1ccc(OCC(=O)NC2CC(C)(C)NC(C)(C)C2)cc1. The standard InChI is InChI=1S/C25H35N3O4S/c1-6-28(20-10-8-7-9-11-20)33(30,31)22-14-12-21(13-15-22)32-18-23(29)26-19-16-24(2,3)27-25(4,5)17-19/h7-15,19,27H,6,16-18H2,1-5H3,(H,26,29). The minimum atomic E-state index is -3.70. The lowest BCUT2D eigenvalue weighted by Crippen LogP contribution is -2.62. The van der Waals surface area contributed by atoms with Gasteiger partial charge in [-0.2, -0.15) is 0 Å². The number of benzene rings is 2. The zero-order valence-corrected chi connectivity index (χ0v) is 20.9. The lowest BCUT2D eigenvalue weighted by molar-refractivity contribution is -0.124. The zero-order valence-electron chi connectivity index (χ0n) is 20.1. The van der Waals surface area contributed by atoms with Crippen LogP contribution in [0.15, 0.2) is 59.5 Å². The summed E-state index contributed by atoms with van der Waals surface area (Å²) < 4.78 is 33.1. The van der Waals surface area contributed by atoms with Gasteiger partial charge in [0.2, 0.25) is 0 Å². The van der Waals surface area contributed by atoms with Crippen molar-refractivity contribution in [1.82, 2.24) is 10.6 Å². The average molecular weight is 474 g/mol. The second-order valence-electron chi connectivity index (χ2n) is 9.83. The van der Waals surface area contributed by atoms with Crippen LogP contribution in [0.4, 0.5) is 5.69 Å². The number of hydrogen-bond donors (Lipinski definition) is 2. The van der Waals surface area contributed by atoms with Crippen LogP contribution in [-0.2, 0) is 14.8 Å². The Balaban J connectivity index is 1.60. The Hall–Kier alpha value is -2.58. The van der Waals surface area contributed by atoms with E-state index in [9.17, 15) is 13.2 Å². The largest absolute Gasteiger partial charge is 0.484 e. The third kappa shape index (κ3) is 6.48. The Bertz CT molecular complexity index is 1030. The van der Waals surface area contributed by atoms with Gasteiger partial charge in [-0.05, 0) is 83.9 Å². The number of carbonyl (C=O) groups is 1. The molecule has 1 aliphatic rings. The first-order chi connectivity index (χ1) is 15.4. The molecule has 0 unspecified atom stereocenters. The van der Waals surface area contributed by atoms with Gasteiger partial charge in [-0.1, -0.05) is 18.2 Å². The minimum Gasteiger partial charge on any atom is -0.484 e. The Morgan fingerprint density at radius 3 is 2.15 bits per heavy atom. The molecule has 0 radical (unpaired) electrons. The average Bonchev–Trinajstić information content (AvgIpc) is 2.71. The molecule has 0 aliphatic carbocycles. The van der Waals surface area contributed by atoms with E-state index in [-0.39, 0.29) is 34.5 Å². The van der Waals surface area contributed by atoms with E-state index >= 15 is 0 Å². The third-order valence-electron chi connectivity index (χ3n) is 5.67. The number of rotatable bonds is 8. The van der Waals surface area contributed by atoms with Crippen LogP contribution in [0, 0.1) is 0 Å². The first-order valence-corrected chi connectivity index (χ1v) is 12.8. The molecule has 2 aromatic carbocycles. The number of para-hydroxylation sites is 1. The molecule has 3 rings (SSSR count). The first-order valence-electron chi connectivity index (χ1n) is 11.3. The molecule has 0 aromatic heterocycles. The number of hydrogen-bond acceptors (Lipinski definition) is 5. The highest BCUT2D eigenvalue weighted by molar-refractivity contribution is 7.92. The molecule has 1 amide bonds. The van der Waals surface area contributed by atoms with Crippen LogP contribution in [-0.4, -0.2) is 44.6 Å². The van der Waals surface area contributed by atoms with Gasteiger partial charge in [-0.25, -0.2) is 8.42 Å². The third-order valence-corrected chi connectivity index (χ3v) is 7.59. The van der Waals surface area contributed by atoms with E-state index in [2.05, 4.69) is 38.3 Å². The smallest absolute Gasteiger partial charge is 0.264 e. The normalized spacial score (nSPS) is 17.8. The molecule has 33 heavy (non-hydrogen) atoms. The molecular weight excluding hydrogens is 438 g/mol. The van der Waals surface area contributed by atoms with Gasteiger partial charge in [-0.3, -0.25) is 9.10 Å². The molecule has 1 saturated heterocycles. The van der Waals surface area contributed by atoms with Crippen molar-refractivity contribution in [3.8, 4) is 5.75 Å². The van der Waals surface area contributed by atoms with Gasteiger partial charge in [0.05, 0.1) is 10.6 Å². The van der Waals surface area contributed by atoms with Crippen LogP contribution in [0.3, 0.4) is 0 Å². The first kappa shape index (κ1) is 25.1. The van der Waals surface area contributed by atoms with Crippen LogP contribution in [0.5, 0.6) is 5.75 Å². The van der Waals surface area contributed by atoms with Gasteiger partial charge in [0.15, 0.2) is 6.61 Å². The van der Waals surface area contributed by atoms with Gasteiger partial charge in [0.25, 0.3) is 15.9 Å². The molecule has 1 aliphatic heterocycles. The highest BCUT2D eigenvalue weighted by Crippen LogP contribution is 2.28. The van der Waals surface area contributed by atoms with E-state index in [1.165, 1.54) is 16.4 Å². The van der Waals surface area contributed by atoms with Gasteiger partial charge in [0, 0.05) is 23.7 Å². The molecule has 0 saturated carbocycles. The maximum Gasteiger partial charge on any atom is 0.264 e. The molecule has 0 atom stereocenters. The van der Waals surface area contributed by atoms with E-state index in [0.717, 1.165) is 12.8 Å². The van der Waals surface area contributed by atoms with E-state index in [1.54, 1.807) is 43.3 Å². The molecule has 1 fully saturated rings. The zero-order chi connectivity index (χ0) is 24.3. The van der Waals surface area contributed by atoms with Crippen molar-refractivity contribution < 1.29 is 17.9 Å². The number of nitrogens with zero attached hydrogens (tertiary/aromatic N) is 1. The van der Waals surface area contributed by atoms with Crippen LogP contribution < -0.4 is 19.7 Å². The maximum absolute atomic E-state index is 13.1. The summed E-state index contributed by atoms with van der Waals surface area (Å²) in [6.45, 7) is 10.5. The van der Waals surface area contributed by atoms with Crippen molar-refractivity contribution in [2.45, 2.75) is 69.5 Å². The highest BCUT2D eigenvalue weighted by atomic mass is 32.2. The van der Waals surface area contributed by atoms with E-state index in [1.807, 2.05) is 6.07 Å². The number of ether oxygens (including phenoxy) is 1. The lowest BCUT2D eigenvalue weighted by Gasteiger charge is -2.46. The van der Waals surface area contributed by atoms with Crippen molar-refractivity contribution in [3.05, 3.63) is 54.6 Å². The predicted octanol–water partition coefficient (Wildman–Crippen LogP) is 3.71. The highest BCUT2D eigenvalue weighted by Gasteiger charge is 2.38. The molecule has 7 nitrogen and oxygen atoms in total. The Morgan fingerprint density at radius 2 is 1.61 bits per heavy atom. The number of sulfonamides is 1. The fraction of sp³-hybridized carbons (Fsp3) is 0.480. The molecule has 8 heteroatoms. The van der Waals surface area contributed by atoms with E-state index < -0.39 is 10.0 Å². The van der Waals surface area contributed by atoms with Crippen LogP contribution in [0.1, 0.15) is 47.5 Å². The van der Waals surface area contributed by atoms with Crippen molar-refractivity contribution >= 4 is 21.6 Å². The molecule has 180 valence electrons.